The minimum absolute atomic E-state index is 0. The third-order valence-electron chi connectivity index (χ3n) is 4.14. The molecule has 1 heterocycles. The average molecular weight is 476 g/mol. The number of rotatable bonds is 6. The van der Waals surface area contributed by atoms with Crippen LogP contribution in [0.1, 0.15) is 30.9 Å². The molecule has 1 amide bonds. The molecule has 0 atom stereocenters. The average Bonchev–Trinajstić information content (AvgIpc) is 2.62. The molecule has 1 saturated heterocycles. The van der Waals surface area contributed by atoms with Gasteiger partial charge in [-0.1, -0.05) is 24.3 Å². The van der Waals surface area contributed by atoms with E-state index in [1.54, 1.807) is 12.0 Å². The third kappa shape index (κ3) is 7.36. The highest BCUT2D eigenvalue weighted by atomic mass is 127. The van der Waals surface area contributed by atoms with Gasteiger partial charge in [0.05, 0.1) is 19.8 Å². The van der Waals surface area contributed by atoms with Gasteiger partial charge in [-0.3, -0.25) is 0 Å². The molecule has 1 fully saturated rings. The van der Waals surface area contributed by atoms with Gasteiger partial charge in [0.1, 0.15) is 0 Å². The van der Waals surface area contributed by atoms with Crippen LogP contribution in [0, 0.1) is 0 Å². The van der Waals surface area contributed by atoms with E-state index in [4.69, 9.17) is 15.2 Å². The second kappa shape index (κ2) is 11.9. The molecular weight excluding hydrogens is 447 g/mol. The number of halogens is 1. The van der Waals surface area contributed by atoms with Crippen LogP contribution in [0.15, 0.2) is 29.3 Å². The summed E-state index contributed by atoms with van der Waals surface area (Å²) in [6, 6.07) is 8.36. The summed E-state index contributed by atoms with van der Waals surface area (Å²) in [5.74, 6) is 0.440. The molecular formula is C18H29IN4O3. The van der Waals surface area contributed by atoms with Crippen molar-refractivity contribution in [1.29, 1.82) is 0 Å². The highest BCUT2D eigenvalue weighted by Crippen LogP contribution is 2.11. The van der Waals surface area contributed by atoms with Crippen molar-refractivity contribution in [2.45, 2.75) is 39.0 Å². The smallest absolute Gasteiger partial charge is 0.409 e. The number of hydrogen-bond acceptors (Lipinski definition) is 4. The Hall–Kier alpha value is -1.55. The summed E-state index contributed by atoms with van der Waals surface area (Å²) in [5, 5.41) is 3.24. The van der Waals surface area contributed by atoms with Crippen molar-refractivity contribution < 1.29 is 14.3 Å². The van der Waals surface area contributed by atoms with E-state index in [1.165, 1.54) is 0 Å². The summed E-state index contributed by atoms with van der Waals surface area (Å²) in [5.41, 5.74) is 8.22. The van der Waals surface area contributed by atoms with Crippen molar-refractivity contribution in [2.75, 3.05) is 26.8 Å². The Morgan fingerprint density at radius 3 is 2.46 bits per heavy atom. The minimum Gasteiger partial charge on any atom is -0.450 e. The van der Waals surface area contributed by atoms with Crippen molar-refractivity contribution in [2.24, 2.45) is 10.7 Å². The molecule has 146 valence electrons. The zero-order valence-corrected chi connectivity index (χ0v) is 17.8. The van der Waals surface area contributed by atoms with Crippen LogP contribution in [-0.4, -0.2) is 49.8 Å². The van der Waals surface area contributed by atoms with Crippen LogP contribution in [0.3, 0.4) is 0 Å². The molecule has 1 aromatic carbocycles. The molecule has 0 unspecified atom stereocenters. The number of benzene rings is 1. The topological polar surface area (TPSA) is 89.2 Å². The molecule has 7 nitrogen and oxygen atoms in total. The number of likely N-dealkylation sites (tertiary alicyclic amines) is 1. The van der Waals surface area contributed by atoms with Crippen molar-refractivity contribution in [3.8, 4) is 0 Å². The summed E-state index contributed by atoms with van der Waals surface area (Å²) in [7, 11) is 1.68. The van der Waals surface area contributed by atoms with Gasteiger partial charge in [0.25, 0.3) is 0 Å². The van der Waals surface area contributed by atoms with E-state index in [1.807, 2.05) is 31.2 Å². The van der Waals surface area contributed by atoms with Gasteiger partial charge >= 0.3 is 6.09 Å². The maximum atomic E-state index is 11.7. The second-order valence-corrected chi connectivity index (χ2v) is 6.06. The number of carbonyl (C=O) groups excluding carboxylic acids is 1. The number of ether oxygens (including phenoxy) is 2. The number of hydrogen-bond donors (Lipinski definition) is 2. The maximum Gasteiger partial charge on any atom is 0.409 e. The number of piperidine rings is 1. The van der Waals surface area contributed by atoms with Gasteiger partial charge in [0.15, 0.2) is 5.96 Å². The SMILES string of the molecule is CCOC(=O)N1CCC(NC(N)=NCc2ccc(COC)cc2)CC1.I. The maximum absolute atomic E-state index is 11.7. The standard InChI is InChI=1S/C18H28N4O3.HI/c1-3-25-18(23)22-10-8-16(9-11-22)21-17(19)20-12-14-4-6-15(7-5-14)13-24-2;/h4-7,16H,3,8-13H2,1-2H3,(H3,19,20,21);1H. The van der Waals surface area contributed by atoms with E-state index >= 15 is 0 Å². The Morgan fingerprint density at radius 1 is 1.27 bits per heavy atom. The summed E-state index contributed by atoms with van der Waals surface area (Å²) in [6.07, 6.45) is 1.43. The molecule has 2 rings (SSSR count). The van der Waals surface area contributed by atoms with Gasteiger partial charge < -0.3 is 25.4 Å². The fourth-order valence-corrected chi connectivity index (χ4v) is 2.76. The quantitative estimate of drug-likeness (QED) is 0.374. The first kappa shape index (κ1) is 22.5. The number of nitrogens with two attached hydrogens (primary N) is 1. The highest BCUT2D eigenvalue weighted by molar-refractivity contribution is 14.0. The number of carbonyl (C=O) groups is 1. The van der Waals surface area contributed by atoms with E-state index in [0.29, 0.717) is 38.8 Å². The molecule has 0 bridgehead atoms. The number of methoxy groups -OCH3 is 1. The Morgan fingerprint density at radius 2 is 1.88 bits per heavy atom. The summed E-state index contributed by atoms with van der Waals surface area (Å²) in [6.45, 7) is 4.71. The molecule has 0 aliphatic carbocycles. The van der Waals surface area contributed by atoms with Gasteiger partial charge in [-0.2, -0.15) is 0 Å². The highest BCUT2D eigenvalue weighted by Gasteiger charge is 2.23. The van der Waals surface area contributed by atoms with E-state index < -0.39 is 0 Å². The van der Waals surface area contributed by atoms with Crippen LogP contribution in [0.4, 0.5) is 4.79 Å². The van der Waals surface area contributed by atoms with Crippen LogP contribution in [0.2, 0.25) is 0 Å². The van der Waals surface area contributed by atoms with Crippen molar-refractivity contribution >= 4 is 36.0 Å². The minimum atomic E-state index is -0.237. The van der Waals surface area contributed by atoms with Crippen molar-refractivity contribution in [3.63, 3.8) is 0 Å². The zero-order chi connectivity index (χ0) is 18.1. The van der Waals surface area contributed by atoms with Crippen LogP contribution < -0.4 is 11.1 Å². The number of amides is 1. The molecule has 0 spiro atoms. The Bertz CT molecular complexity index is 572. The van der Waals surface area contributed by atoms with Crippen molar-refractivity contribution in [1.82, 2.24) is 10.2 Å². The first-order valence-electron chi connectivity index (χ1n) is 8.67. The number of nitrogens with zero attached hydrogens (tertiary/aromatic N) is 2. The largest absolute Gasteiger partial charge is 0.450 e. The van der Waals surface area contributed by atoms with E-state index in [9.17, 15) is 4.79 Å². The molecule has 0 saturated carbocycles. The fourth-order valence-electron chi connectivity index (χ4n) is 2.76. The number of guanidine groups is 1. The third-order valence-corrected chi connectivity index (χ3v) is 4.14. The first-order valence-corrected chi connectivity index (χ1v) is 8.67. The summed E-state index contributed by atoms with van der Waals surface area (Å²) >= 11 is 0. The predicted octanol–water partition coefficient (Wildman–Crippen LogP) is 2.48. The zero-order valence-electron chi connectivity index (χ0n) is 15.4. The molecule has 0 aromatic heterocycles. The number of aliphatic imine (C=N–C) groups is 1. The molecule has 8 heteroatoms. The summed E-state index contributed by atoms with van der Waals surface area (Å²) < 4.78 is 10.1. The molecule has 1 aliphatic rings. The van der Waals surface area contributed by atoms with E-state index in [-0.39, 0.29) is 36.1 Å². The molecule has 1 aromatic rings. The van der Waals surface area contributed by atoms with E-state index in [2.05, 4.69) is 10.3 Å². The van der Waals surface area contributed by atoms with Crippen molar-refractivity contribution in [3.05, 3.63) is 35.4 Å². The van der Waals surface area contributed by atoms with Gasteiger partial charge in [-0.25, -0.2) is 9.79 Å². The summed E-state index contributed by atoms with van der Waals surface area (Å²) in [4.78, 5) is 17.8. The lowest BCUT2D eigenvalue weighted by Crippen LogP contribution is -2.48. The van der Waals surface area contributed by atoms with Crippen LogP contribution in [-0.2, 0) is 22.6 Å². The first-order chi connectivity index (χ1) is 12.1. The lowest BCUT2D eigenvalue weighted by molar-refractivity contribution is 0.0963. The Balaban J connectivity index is 0.00000338. The Labute approximate surface area is 172 Å². The Kier molecular flexibility index (Phi) is 10.3. The van der Waals surface area contributed by atoms with E-state index in [0.717, 1.165) is 24.0 Å². The van der Waals surface area contributed by atoms with Gasteiger partial charge in [-0.05, 0) is 30.9 Å². The van der Waals surface area contributed by atoms with Gasteiger partial charge in [0, 0.05) is 26.2 Å². The molecule has 1 aliphatic heterocycles. The van der Waals surface area contributed by atoms with Crippen LogP contribution in [0.5, 0.6) is 0 Å². The van der Waals surface area contributed by atoms with Crippen LogP contribution >= 0.6 is 24.0 Å². The molecule has 3 N–H and O–H groups in total. The monoisotopic (exact) mass is 476 g/mol. The lowest BCUT2D eigenvalue weighted by atomic mass is 10.1. The normalized spacial score (nSPS) is 15.3. The van der Waals surface area contributed by atoms with Gasteiger partial charge in [0.2, 0.25) is 0 Å². The number of nitrogens with one attached hydrogen (secondary N) is 1. The molecule has 26 heavy (non-hydrogen) atoms. The molecule has 0 radical (unpaired) electrons. The van der Waals surface area contributed by atoms with Gasteiger partial charge in [-0.15, -0.1) is 24.0 Å². The second-order valence-electron chi connectivity index (χ2n) is 6.06. The fraction of sp³-hybridized carbons (Fsp3) is 0.556. The van der Waals surface area contributed by atoms with Crippen LogP contribution in [0.25, 0.3) is 0 Å². The lowest BCUT2D eigenvalue weighted by Gasteiger charge is -2.31. The predicted molar refractivity (Wildman–Crippen MR) is 113 cm³/mol.